The van der Waals surface area contributed by atoms with Crippen LogP contribution in [-0.2, 0) is 9.53 Å². The average Bonchev–Trinajstić information content (AvgIpc) is 3.21. The molecule has 0 radical (unpaired) electrons. The number of hydrogen-bond donors (Lipinski definition) is 1. The minimum atomic E-state index is -0.585. The number of nitrogens with one attached hydrogen (secondary N) is 1. The lowest BCUT2D eigenvalue weighted by Crippen LogP contribution is -2.23. The Morgan fingerprint density at radius 1 is 0.917 bits per heavy atom. The molecular formula is C28H30N4O4. The van der Waals surface area contributed by atoms with E-state index in [1.165, 1.54) is 10.9 Å². The highest BCUT2D eigenvalue weighted by atomic mass is 16.5. The Balaban J connectivity index is 1.69. The molecule has 36 heavy (non-hydrogen) atoms. The van der Waals surface area contributed by atoms with E-state index < -0.39 is 11.9 Å². The number of amides is 1. The summed E-state index contributed by atoms with van der Waals surface area (Å²) in [6.07, 6.45) is 1.38. The fourth-order valence-corrected chi connectivity index (χ4v) is 4.27. The number of benzene rings is 2. The summed E-state index contributed by atoms with van der Waals surface area (Å²) in [5, 5.41) is 8.20. The molecule has 1 N–H and O–H groups in total. The number of rotatable bonds is 7. The molecule has 0 aliphatic heterocycles. The summed E-state index contributed by atoms with van der Waals surface area (Å²) >= 11 is 0. The van der Waals surface area contributed by atoms with Crippen molar-refractivity contribution in [2.24, 2.45) is 0 Å². The van der Waals surface area contributed by atoms with Crippen molar-refractivity contribution in [2.45, 2.75) is 41.5 Å². The van der Waals surface area contributed by atoms with Gasteiger partial charge in [0.1, 0.15) is 11.3 Å². The highest BCUT2D eigenvalue weighted by molar-refractivity contribution is 6.01. The first kappa shape index (κ1) is 24.9. The number of carbonyl (C=O) groups excluding carboxylic acids is 2. The van der Waals surface area contributed by atoms with E-state index in [1.807, 2.05) is 58.9 Å². The smallest absolute Gasteiger partial charge is 0.343 e. The second kappa shape index (κ2) is 10.2. The van der Waals surface area contributed by atoms with Gasteiger partial charge in [0.2, 0.25) is 0 Å². The number of esters is 1. The molecule has 4 rings (SSSR count). The SMILES string of the molecule is CCOC(=O)c1cnn(-c2cc(C)c3cc(C)cc(C)c3n2)c1NC(=O)COc1cc(C)cc(C)c1. The van der Waals surface area contributed by atoms with Crippen molar-refractivity contribution >= 4 is 28.6 Å². The van der Waals surface area contributed by atoms with E-state index in [-0.39, 0.29) is 24.6 Å². The van der Waals surface area contributed by atoms with Gasteiger partial charge < -0.3 is 14.8 Å². The molecule has 0 atom stereocenters. The van der Waals surface area contributed by atoms with Crippen LogP contribution in [0.5, 0.6) is 5.75 Å². The predicted octanol–water partition coefficient (Wildman–Crippen LogP) is 5.16. The number of pyridine rings is 1. The molecule has 0 saturated heterocycles. The number of hydrogen-bond acceptors (Lipinski definition) is 6. The Bertz CT molecular complexity index is 1450. The molecule has 8 nitrogen and oxygen atoms in total. The van der Waals surface area contributed by atoms with Crippen LogP contribution >= 0.6 is 0 Å². The van der Waals surface area contributed by atoms with Gasteiger partial charge in [0, 0.05) is 5.39 Å². The van der Waals surface area contributed by atoms with Crippen LogP contribution in [0, 0.1) is 34.6 Å². The normalized spacial score (nSPS) is 10.9. The first-order chi connectivity index (χ1) is 17.2. The summed E-state index contributed by atoms with van der Waals surface area (Å²) in [4.78, 5) is 30.3. The molecule has 4 aromatic rings. The van der Waals surface area contributed by atoms with E-state index in [2.05, 4.69) is 22.5 Å². The van der Waals surface area contributed by atoms with E-state index in [0.29, 0.717) is 11.6 Å². The van der Waals surface area contributed by atoms with Crippen LogP contribution in [0.25, 0.3) is 16.7 Å². The third-order valence-corrected chi connectivity index (χ3v) is 5.75. The minimum absolute atomic E-state index is 0.136. The summed E-state index contributed by atoms with van der Waals surface area (Å²) in [5.74, 6) is 0.232. The molecule has 0 bridgehead atoms. The molecule has 0 saturated carbocycles. The van der Waals surface area contributed by atoms with Crippen molar-refractivity contribution in [3.8, 4) is 11.6 Å². The van der Waals surface area contributed by atoms with Crippen molar-refractivity contribution in [1.29, 1.82) is 0 Å². The molecule has 186 valence electrons. The van der Waals surface area contributed by atoms with E-state index in [4.69, 9.17) is 14.5 Å². The van der Waals surface area contributed by atoms with Crippen LogP contribution in [0.1, 0.15) is 45.1 Å². The Hall–Kier alpha value is -4.20. The molecule has 0 fully saturated rings. The zero-order valence-corrected chi connectivity index (χ0v) is 21.4. The van der Waals surface area contributed by atoms with E-state index in [0.717, 1.165) is 38.7 Å². The number of ether oxygens (including phenoxy) is 2. The third kappa shape index (κ3) is 5.22. The lowest BCUT2D eigenvalue weighted by Gasteiger charge is -2.14. The lowest BCUT2D eigenvalue weighted by atomic mass is 10.0. The summed E-state index contributed by atoms with van der Waals surface area (Å²) in [6.45, 7) is 11.7. The van der Waals surface area contributed by atoms with Gasteiger partial charge in [-0.05, 0) is 88.1 Å². The monoisotopic (exact) mass is 486 g/mol. The lowest BCUT2D eigenvalue weighted by molar-refractivity contribution is -0.118. The number of anilines is 1. The van der Waals surface area contributed by atoms with Crippen LogP contribution < -0.4 is 10.1 Å². The van der Waals surface area contributed by atoms with Crippen LogP contribution in [0.4, 0.5) is 5.82 Å². The number of nitrogens with zero attached hydrogens (tertiary/aromatic N) is 3. The zero-order valence-electron chi connectivity index (χ0n) is 21.4. The molecule has 0 spiro atoms. The highest BCUT2D eigenvalue weighted by Crippen LogP contribution is 2.27. The molecule has 2 heterocycles. The summed E-state index contributed by atoms with van der Waals surface area (Å²) in [7, 11) is 0. The predicted molar refractivity (Wildman–Crippen MR) is 139 cm³/mol. The maximum absolute atomic E-state index is 12.9. The first-order valence-electron chi connectivity index (χ1n) is 11.8. The van der Waals surface area contributed by atoms with Crippen molar-refractivity contribution in [2.75, 3.05) is 18.5 Å². The molecule has 0 unspecified atom stereocenters. The Morgan fingerprint density at radius 3 is 2.31 bits per heavy atom. The summed E-state index contributed by atoms with van der Waals surface area (Å²) < 4.78 is 12.3. The maximum Gasteiger partial charge on any atom is 0.343 e. The number of aromatic nitrogens is 3. The van der Waals surface area contributed by atoms with Crippen LogP contribution in [0.2, 0.25) is 0 Å². The number of carbonyl (C=O) groups is 2. The molecule has 0 aliphatic carbocycles. The van der Waals surface area contributed by atoms with Crippen LogP contribution in [0.3, 0.4) is 0 Å². The third-order valence-electron chi connectivity index (χ3n) is 5.75. The van der Waals surface area contributed by atoms with Gasteiger partial charge in [0.05, 0.1) is 18.3 Å². The van der Waals surface area contributed by atoms with Gasteiger partial charge in [-0.25, -0.2) is 9.78 Å². The van der Waals surface area contributed by atoms with Crippen molar-refractivity contribution in [3.63, 3.8) is 0 Å². The van der Waals surface area contributed by atoms with Gasteiger partial charge in [-0.1, -0.05) is 17.7 Å². The Morgan fingerprint density at radius 2 is 1.61 bits per heavy atom. The van der Waals surface area contributed by atoms with Crippen molar-refractivity contribution in [3.05, 3.63) is 76.0 Å². The van der Waals surface area contributed by atoms with Gasteiger partial charge in [0.15, 0.2) is 18.2 Å². The van der Waals surface area contributed by atoms with Crippen LogP contribution in [0.15, 0.2) is 42.6 Å². The quantitative estimate of drug-likeness (QED) is 0.363. The summed E-state index contributed by atoms with van der Waals surface area (Å²) in [6, 6.07) is 11.8. The standard InChI is InChI=1S/C28H30N4O4/c1-7-35-28(34)23-14-29-32(24-13-19(5)22-12-18(4)9-20(6)26(22)30-24)27(23)31-25(33)15-36-21-10-16(2)8-17(3)11-21/h8-14H,7,15H2,1-6H3,(H,31,33). The Labute approximate surface area is 210 Å². The summed E-state index contributed by atoms with van der Waals surface area (Å²) in [5.41, 5.74) is 6.23. The Kier molecular flexibility index (Phi) is 7.05. The van der Waals surface area contributed by atoms with E-state index in [1.54, 1.807) is 6.92 Å². The fraction of sp³-hybridized carbons (Fsp3) is 0.286. The highest BCUT2D eigenvalue weighted by Gasteiger charge is 2.23. The van der Waals surface area contributed by atoms with Gasteiger partial charge in [-0.15, -0.1) is 0 Å². The fourth-order valence-electron chi connectivity index (χ4n) is 4.27. The first-order valence-corrected chi connectivity index (χ1v) is 11.8. The van der Waals surface area contributed by atoms with Gasteiger partial charge in [0.25, 0.3) is 5.91 Å². The maximum atomic E-state index is 12.9. The van der Waals surface area contributed by atoms with Gasteiger partial charge in [-0.2, -0.15) is 9.78 Å². The molecule has 0 aliphatic rings. The van der Waals surface area contributed by atoms with Gasteiger partial charge in [-0.3, -0.25) is 4.79 Å². The van der Waals surface area contributed by atoms with Gasteiger partial charge >= 0.3 is 5.97 Å². The van der Waals surface area contributed by atoms with E-state index >= 15 is 0 Å². The molecule has 1 amide bonds. The van der Waals surface area contributed by atoms with E-state index in [9.17, 15) is 9.59 Å². The number of aryl methyl sites for hydroxylation is 5. The zero-order chi connectivity index (χ0) is 26.0. The molecule has 2 aromatic carbocycles. The largest absolute Gasteiger partial charge is 0.484 e. The van der Waals surface area contributed by atoms with Crippen LogP contribution in [-0.4, -0.2) is 39.9 Å². The number of fused-ring (bicyclic) bond motifs is 1. The van der Waals surface area contributed by atoms with Crippen molar-refractivity contribution < 1.29 is 19.1 Å². The topological polar surface area (TPSA) is 95.3 Å². The molecule has 2 aromatic heterocycles. The molecule has 8 heteroatoms. The second-order valence-corrected chi connectivity index (χ2v) is 8.97. The second-order valence-electron chi connectivity index (χ2n) is 8.97. The minimum Gasteiger partial charge on any atom is -0.484 e. The van der Waals surface area contributed by atoms with Crippen molar-refractivity contribution in [1.82, 2.24) is 14.8 Å². The molecular weight excluding hydrogens is 456 g/mol. The average molecular weight is 487 g/mol.